The topological polar surface area (TPSA) is 58.4 Å². The molecular weight excluding hydrogens is 242 g/mol. The third kappa shape index (κ3) is 4.13. The molecule has 0 aliphatic heterocycles. The Morgan fingerprint density at radius 3 is 3.00 bits per heavy atom. The fraction of sp³-hybridized carbons (Fsp3) is 0.500. The van der Waals surface area contributed by atoms with Crippen LogP contribution in [0.15, 0.2) is 12.1 Å². The van der Waals surface area contributed by atoms with Crippen molar-refractivity contribution in [2.24, 2.45) is 5.84 Å². The maximum Gasteiger partial charge on any atom is 0.275 e. The molecule has 0 aliphatic carbocycles. The van der Waals surface area contributed by atoms with Crippen LogP contribution in [0.25, 0.3) is 0 Å². The lowest BCUT2D eigenvalue weighted by atomic mass is 10.4. The minimum absolute atomic E-state index is 0.219. The maximum atomic E-state index is 11.2. The number of nitrogens with zero attached hydrogens (tertiary/aromatic N) is 1. The fourth-order valence-electron chi connectivity index (χ4n) is 1.25. The number of thiophene rings is 1. The molecule has 0 fully saturated rings. The van der Waals surface area contributed by atoms with Crippen LogP contribution in [0, 0.1) is 0 Å². The molecule has 0 saturated carbocycles. The van der Waals surface area contributed by atoms with Crippen LogP contribution in [-0.2, 0) is 6.54 Å². The molecule has 90 valence electrons. The summed E-state index contributed by atoms with van der Waals surface area (Å²) in [6.07, 6.45) is 2.10. The number of nitrogen functional groups attached to an aromatic ring is 1. The summed E-state index contributed by atoms with van der Waals surface area (Å²) in [4.78, 5) is 15.3. The summed E-state index contributed by atoms with van der Waals surface area (Å²) in [5, 5.41) is 0. The van der Waals surface area contributed by atoms with Gasteiger partial charge in [0.15, 0.2) is 0 Å². The molecule has 0 spiro atoms. The highest BCUT2D eigenvalue weighted by Gasteiger charge is 2.08. The summed E-state index contributed by atoms with van der Waals surface area (Å²) in [5.74, 6) is 5.98. The van der Waals surface area contributed by atoms with Gasteiger partial charge in [-0.15, -0.1) is 11.3 Å². The number of carbonyl (C=O) groups is 1. The van der Waals surface area contributed by atoms with Crippen LogP contribution in [0.2, 0.25) is 0 Å². The predicted molar refractivity (Wildman–Crippen MR) is 70.7 cm³/mol. The Balaban J connectivity index is 2.48. The van der Waals surface area contributed by atoms with Crippen molar-refractivity contribution in [1.82, 2.24) is 10.3 Å². The third-order valence-corrected chi connectivity index (χ3v) is 3.78. The Morgan fingerprint density at radius 1 is 1.62 bits per heavy atom. The molecule has 6 heteroatoms. The van der Waals surface area contributed by atoms with Gasteiger partial charge in [0.25, 0.3) is 5.91 Å². The standard InChI is InChI=1S/C10H17N3OS2/c1-13(5-6-15-2)7-8-3-4-9(16-8)10(14)12-11/h3-4H,5-7,11H2,1-2H3,(H,12,14). The number of hydrogen-bond acceptors (Lipinski definition) is 5. The fourth-order valence-corrected chi connectivity index (χ4v) is 2.73. The van der Waals surface area contributed by atoms with Crippen molar-refractivity contribution >= 4 is 29.0 Å². The van der Waals surface area contributed by atoms with Crippen LogP contribution in [0.1, 0.15) is 14.5 Å². The summed E-state index contributed by atoms with van der Waals surface area (Å²) in [7, 11) is 2.08. The van der Waals surface area contributed by atoms with E-state index in [1.54, 1.807) is 0 Å². The van der Waals surface area contributed by atoms with Crippen LogP contribution >= 0.6 is 23.1 Å². The summed E-state index contributed by atoms with van der Waals surface area (Å²) >= 11 is 3.32. The number of rotatable bonds is 6. The van der Waals surface area contributed by atoms with E-state index in [2.05, 4.69) is 23.6 Å². The average Bonchev–Trinajstić information content (AvgIpc) is 2.73. The maximum absolute atomic E-state index is 11.2. The van der Waals surface area contributed by atoms with Gasteiger partial charge in [0.1, 0.15) is 0 Å². The Labute approximate surface area is 104 Å². The minimum Gasteiger partial charge on any atom is -0.300 e. The number of carbonyl (C=O) groups excluding carboxylic acids is 1. The van der Waals surface area contributed by atoms with E-state index in [9.17, 15) is 4.79 Å². The second-order valence-electron chi connectivity index (χ2n) is 3.47. The smallest absolute Gasteiger partial charge is 0.275 e. The molecule has 0 aliphatic rings. The van der Waals surface area contributed by atoms with Gasteiger partial charge >= 0.3 is 0 Å². The number of thioether (sulfide) groups is 1. The third-order valence-electron chi connectivity index (χ3n) is 2.12. The molecule has 1 rings (SSSR count). The Kier molecular flexibility index (Phi) is 5.83. The number of hydrogen-bond donors (Lipinski definition) is 2. The largest absolute Gasteiger partial charge is 0.300 e. The van der Waals surface area contributed by atoms with E-state index in [1.165, 1.54) is 16.2 Å². The average molecular weight is 259 g/mol. The first-order chi connectivity index (χ1) is 7.67. The van der Waals surface area contributed by atoms with Crippen molar-refractivity contribution in [3.63, 3.8) is 0 Å². The van der Waals surface area contributed by atoms with Crippen LogP contribution in [0.5, 0.6) is 0 Å². The van der Waals surface area contributed by atoms with E-state index < -0.39 is 0 Å². The molecule has 16 heavy (non-hydrogen) atoms. The molecule has 0 bridgehead atoms. The first kappa shape index (κ1) is 13.5. The van der Waals surface area contributed by atoms with Crippen LogP contribution in [-0.4, -0.2) is 36.4 Å². The van der Waals surface area contributed by atoms with Gasteiger partial charge in [-0.1, -0.05) is 0 Å². The lowest BCUT2D eigenvalue weighted by Crippen LogP contribution is -2.29. The molecule has 1 amide bonds. The van der Waals surface area contributed by atoms with Crippen molar-refractivity contribution in [1.29, 1.82) is 0 Å². The SMILES string of the molecule is CSCCN(C)Cc1ccc(C(=O)NN)s1. The lowest BCUT2D eigenvalue weighted by Gasteiger charge is -2.14. The zero-order valence-corrected chi connectivity index (χ0v) is 11.2. The number of nitrogens with one attached hydrogen (secondary N) is 1. The van der Waals surface area contributed by atoms with Crippen LogP contribution in [0.3, 0.4) is 0 Å². The number of hydrazine groups is 1. The summed E-state index contributed by atoms with van der Waals surface area (Å²) < 4.78 is 0. The van der Waals surface area contributed by atoms with Crippen molar-refractivity contribution in [3.05, 3.63) is 21.9 Å². The van der Waals surface area contributed by atoms with E-state index in [0.29, 0.717) is 4.88 Å². The van der Waals surface area contributed by atoms with Gasteiger partial charge in [0.2, 0.25) is 0 Å². The molecule has 4 nitrogen and oxygen atoms in total. The predicted octanol–water partition coefficient (Wildman–Crippen LogP) is 1.15. The van der Waals surface area contributed by atoms with Crippen molar-refractivity contribution in [2.75, 3.05) is 25.6 Å². The number of nitrogens with two attached hydrogens (primary N) is 1. The molecule has 1 aromatic rings. The van der Waals surface area contributed by atoms with Crippen LogP contribution in [0.4, 0.5) is 0 Å². The highest BCUT2D eigenvalue weighted by molar-refractivity contribution is 7.98. The van der Waals surface area contributed by atoms with Gasteiger partial charge in [0, 0.05) is 23.7 Å². The first-order valence-corrected chi connectivity index (χ1v) is 7.15. The second kappa shape index (κ2) is 6.90. The van der Waals surface area contributed by atoms with Crippen molar-refractivity contribution in [2.45, 2.75) is 6.54 Å². The Morgan fingerprint density at radius 2 is 2.38 bits per heavy atom. The van der Waals surface area contributed by atoms with Gasteiger partial charge in [0.05, 0.1) is 4.88 Å². The molecule has 0 aromatic carbocycles. The number of amides is 1. The van der Waals surface area contributed by atoms with Gasteiger partial charge in [-0.05, 0) is 25.4 Å². The Hall–Kier alpha value is -0.560. The van der Waals surface area contributed by atoms with E-state index in [-0.39, 0.29) is 5.91 Å². The molecule has 1 heterocycles. The summed E-state index contributed by atoms with van der Waals surface area (Å²) in [6, 6.07) is 3.79. The van der Waals surface area contributed by atoms with Gasteiger partial charge in [-0.3, -0.25) is 10.2 Å². The van der Waals surface area contributed by atoms with Crippen molar-refractivity contribution in [3.8, 4) is 0 Å². The quantitative estimate of drug-likeness (QED) is 0.457. The first-order valence-electron chi connectivity index (χ1n) is 4.94. The molecular formula is C10H17N3OS2. The summed E-state index contributed by atoms with van der Waals surface area (Å²) in [5.41, 5.74) is 2.14. The molecule has 1 aromatic heterocycles. The minimum atomic E-state index is -0.219. The molecule has 3 N–H and O–H groups in total. The van der Waals surface area contributed by atoms with E-state index in [4.69, 9.17) is 5.84 Å². The van der Waals surface area contributed by atoms with Gasteiger partial charge < -0.3 is 4.90 Å². The van der Waals surface area contributed by atoms with E-state index in [0.717, 1.165) is 18.8 Å². The second-order valence-corrected chi connectivity index (χ2v) is 5.62. The Bertz CT molecular complexity index is 341. The highest BCUT2D eigenvalue weighted by Crippen LogP contribution is 2.17. The van der Waals surface area contributed by atoms with Crippen molar-refractivity contribution < 1.29 is 4.79 Å². The van der Waals surface area contributed by atoms with E-state index in [1.807, 2.05) is 23.9 Å². The summed E-state index contributed by atoms with van der Waals surface area (Å²) in [6.45, 7) is 1.93. The van der Waals surface area contributed by atoms with Gasteiger partial charge in [-0.25, -0.2) is 5.84 Å². The molecule has 0 saturated heterocycles. The zero-order chi connectivity index (χ0) is 12.0. The highest BCUT2D eigenvalue weighted by atomic mass is 32.2. The van der Waals surface area contributed by atoms with Crippen LogP contribution < -0.4 is 11.3 Å². The van der Waals surface area contributed by atoms with Gasteiger partial charge in [-0.2, -0.15) is 11.8 Å². The van der Waals surface area contributed by atoms with E-state index >= 15 is 0 Å². The normalized spacial score (nSPS) is 10.8. The molecule has 0 unspecified atom stereocenters. The molecule has 0 radical (unpaired) electrons. The molecule has 0 atom stereocenters. The zero-order valence-electron chi connectivity index (χ0n) is 9.53. The monoisotopic (exact) mass is 259 g/mol. The lowest BCUT2D eigenvalue weighted by molar-refractivity contribution is 0.0957.